The number of hydrogen-bond donors (Lipinski definition) is 0. The van der Waals surface area contributed by atoms with Gasteiger partial charge in [-0.3, -0.25) is 4.79 Å². The van der Waals surface area contributed by atoms with Crippen LogP contribution >= 0.6 is 0 Å². The Kier molecular flexibility index (Phi) is 3.18. The molecule has 2 heterocycles. The van der Waals surface area contributed by atoms with Crippen LogP contribution in [0.2, 0.25) is 0 Å². The van der Waals surface area contributed by atoms with E-state index in [1.54, 1.807) is 4.90 Å². The molecule has 0 spiro atoms. The van der Waals surface area contributed by atoms with Gasteiger partial charge in [-0.2, -0.15) is 4.98 Å². The van der Waals surface area contributed by atoms with Crippen LogP contribution in [0.5, 0.6) is 0 Å². The van der Waals surface area contributed by atoms with E-state index >= 15 is 0 Å². The van der Waals surface area contributed by atoms with Crippen LogP contribution in [0.25, 0.3) is 11.1 Å². The molecule has 2 aromatic rings. The van der Waals surface area contributed by atoms with Crippen LogP contribution in [0.15, 0.2) is 41.3 Å². The molecule has 1 aromatic carbocycles. The highest BCUT2D eigenvalue weighted by Crippen LogP contribution is 2.24. The smallest absolute Gasteiger partial charge is 0.298 e. The average molecular weight is 271 g/mol. The number of piperazine rings is 1. The lowest BCUT2D eigenvalue weighted by atomic mass is 10.2. The number of anilines is 1. The summed E-state index contributed by atoms with van der Waals surface area (Å²) in [6, 6.07) is 8.52. The van der Waals surface area contributed by atoms with Crippen molar-refractivity contribution in [1.29, 1.82) is 0 Å². The van der Waals surface area contributed by atoms with Gasteiger partial charge in [0.1, 0.15) is 5.52 Å². The van der Waals surface area contributed by atoms with Crippen molar-refractivity contribution in [1.82, 2.24) is 9.88 Å². The van der Waals surface area contributed by atoms with Gasteiger partial charge in [-0.25, -0.2) is 0 Å². The molecule has 5 nitrogen and oxygen atoms in total. The minimum Gasteiger partial charge on any atom is -0.423 e. The van der Waals surface area contributed by atoms with E-state index in [4.69, 9.17) is 4.42 Å². The quantitative estimate of drug-likeness (QED) is 0.784. The summed E-state index contributed by atoms with van der Waals surface area (Å²) >= 11 is 0. The number of oxazole rings is 1. The Labute approximate surface area is 117 Å². The first-order valence-corrected chi connectivity index (χ1v) is 6.72. The van der Waals surface area contributed by atoms with E-state index in [9.17, 15) is 4.79 Å². The highest BCUT2D eigenvalue weighted by Gasteiger charge is 2.28. The molecule has 1 atom stereocenters. The SMILES string of the molecule is C=CC(=O)N1CCN(c2nc3ccccc3o2)[C@@H](C)C1. The van der Waals surface area contributed by atoms with Crippen LogP contribution in [-0.4, -0.2) is 41.5 Å². The maximum Gasteiger partial charge on any atom is 0.298 e. The number of nitrogens with zero attached hydrogens (tertiary/aromatic N) is 3. The van der Waals surface area contributed by atoms with Crippen molar-refractivity contribution in [3.63, 3.8) is 0 Å². The molecule has 104 valence electrons. The largest absolute Gasteiger partial charge is 0.423 e. The van der Waals surface area contributed by atoms with Crippen molar-refractivity contribution in [3.8, 4) is 0 Å². The summed E-state index contributed by atoms with van der Waals surface area (Å²) in [5.41, 5.74) is 1.65. The van der Waals surface area contributed by atoms with E-state index in [0.717, 1.165) is 11.1 Å². The van der Waals surface area contributed by atoms with Gasteiger partial charge >= 0.3 is 0 Å². The molecular weight excluding hydrogens is 254 g/mol. The summed E-state index contributed by atoms with van der Waals surface area (Å²) < 4.78 is 5.79. The monoisotopic (exact) mass is 271 g/mol. The summed E-state index contributed by atoms with van der Waals surface area (Å²) in [7, 11) is 0. The molecule has 1 aliphatic heterocycles. The van der Waals surface area contributed by atoms with Gasteiger partial charge in [-0.15, -0.1) is 0 Å². The number of amides is 1. The standard InChI is InChI=1S/C15H17N3O2/c1-3-14(19)17-8-9-18(11(2)10-17)15-16-12-6-4-5-7-13(12)20-15/h3-7,11H,1,8-10H2,2H3/t11-/m0/s1. The molecule has 0 unspecified atom stereocenters. The Hall–Kier alpha value is -2.30. The summed E-state index contributed by atoms with van der Waals surface area (Å²) in [6.45, 7) is 7.63. The second kappa shape index (κ2) is 5.00. The van der Waals surface area contributed by atoms with Gasteiger partial charge in [-0.1, -0.05) is 18.7 Å². The number of rotatable bonds is 2. The van der Waals surface area contributed by atoms with Crippen molar-refractivity contribution in [3.05, 3.63) is 36.9 Å². The zero-order valence-electron chi connectivity index (χ0n) is 11.5. The third-order valence-corrected chi connectivity index (χ3v) is 3.64. The molecule has 1 fully saturated rings. The van der Waals surface area contributed by atoms with Crippen molar-refractivity contribution < 1.29 is 9.21 Å². The van der Waals surface area contributed by atoms with Gasteiger partial charge in [0.15, 0.2) is 5.58 Å². The summed E-state index contributed by atoms with van der Waals surface area (Å²) in [4.78, 5) is 20.1. The van der Waals surface area contributed by atoms with Crippen LogP contribution in [0.4, 0.5) is 6.01 Å². The normalized spacial score (nSPS) is 19.4. The molecule has 0 saturated carbocycles. The molecule has 1 aromatic heterocycles. The van der Waals surface area contributed by atoms with E-state index in [0.29, 0.717) is 25.6 Å². The average Bonchev–Trinajstić information content (AvgIpc) is 2.89. The van der Waals surface area contributed by atoms with Crippen molar-refractivity contribution >= 4 is 23.0 Å². The second-order valence-electron chi connectivity index (χ2n) is 4.99. The molecule has 1 amide bonds. The van der Waals surface area contributed by atoms with Crippen LogP contribution in [0, 0.1) is 0 Å². The molecule has 0 N–H and O–H groups in total. The zero-order chi connectivity index (χ0) is 14.1. The Morgan fingerprint density at radius 1 is 1.45 bits per heavy atom. The summed E-state index contributed by atoms with van der Waals surface area (Å²) in [6.07, 6.45) is 1.36. The van der Waals surface area contributed by atoms with Gasteiger partial charge in [0.2, 0.25) is 5.91 Å². The van der Waals surface area contributed by atoms with E-state index in [-0.39, 0.29) is 11.9 Å². The second-order valence-corrected chi connectivity index (χ2v) is 4.99. The van der Waals surface area contributed by atoms with Crippen LogP contribution in [-0.2, 0) is 4.79 Å². The molecule has 0 bridgehead atoms. The molecule has 20 heavy (non-hydrogen) atoms. The van der Waals surface area contributed by atoms with Crippen molar-refractivity contribution in [2.24, 2.45) is 0 Å². The fraction of sp³-hybridized carbons (Fsp3) is 0.333. The third kappa shape index (κ3) is 2.15. The van der Waals surface area contributed by atoms with Crippen LogP contribution < -0.4 is 4.90 Å². The Morgan fingerprint density at radius 3 is 2.95 bits per heavy atom. The number of para-hydroxylation sites is 2. The predicted octanol–water partition coefficient (Wildman–Crippen LogP) is 2.05. The van der Waals surface area contributed by atoms with Crippen LogP contribution in [0.3, 0.4) is 0 Å². The fourth-order valence-corrected chi connectivity index (χ4v) is 2.55. The third-order valence-electron chi connectivity index (χ3n) is 3.64. The first kappa shape index (κ1) is 12.7. The molecule has 3 rings (SSSR count). The van der Waals surface area contributed by atoms with Crippen molar-refractivity contribution in [2.45, 2.75) is 13.0 Å². The minimum absolute atomic E-state index is 0.0194. The van der Waals surface area contributed by atoms with E-state index < -0.39 is 0 Å². The van der Waals surface area contributed by atoms with Gasteiger partial charge in [0, 0.05) is 25.7 Å². The maximum atomic E-state index is 11.6. The molecule has 0 aliphatic carbocycles. The van der Waals surface area contributed by atoms with Gasteiger partial charge in [0.25, 0.3) is 6.01 Å². The van der Waals surface area contributed by atoms with Crippen LogP contribution in [0.1, 0.15) is 6.92 Å². The van der Waals surface area contributed by atoms with E-state index in [1.165, 1.54) is 6.08 Å². The Balaban J connectivity index is 1.81. The van der Waals surface area contributed by atoms with Crippen molar-refractivity contribution in [2.75, 3.05) is 24.5 Å². The predicted molar refractivity (Wildman–Crippen MR) is 77.6 cm³/mol. The maximum absolute atomic E-state index is 11.6. The lowest BCUT2D eigenvalue weighted by Gasteiger charge is -2.38. The summed E-state index contributed by atoms with van der Waals surface area (Å²) in [5.74, 6) is -0.0194. The van der Waals surface area contributed by atoms with E-state index in [2.05, 4.69) is 23.4 Å². The first-order chi connectivity index (χ1) is 9.69. The topological polar surface area (TPSA) is 49.6 Å². The van der Waals surface area contributed by atoms with Gasteiger partial charge in [-0.05, 0) is 25.1 Å². The molecule has 1 aliphatic rings. The lowest BCUT2D eigenvalue weighted by molar-refractivity contribution is -0.126. The number of carbonyl (C=O) groups is 1. The molecule has 0 radical (unpaired) electrons. The highest BCUT2D eigenvalue weighted by molar-refractivity contribution is 5.87. The van der Waals surface area contributed by atoms with Gasteiger partial charge < -0.3 is 14.2 Å². The van der Waals surface area contributed by atoms with Gasteiger partial charge in [0.05, 0.1) is 0 Å². The van der Waals surface area contributed by atoms with E-state index in [1.807, 2.05) is 24.3 Å². The highest BCUT2D eigenvalue weighted by atomic mass is 16.4. The Morgan fingerprint density at radius 2 is 2.25 bits per heavy atom. The zero-order valence-corrected chi connectivity index (χ0v) is 11.5. The number of aromatic nitrogens is 1. The Bertz CT molecular complexity index is 616. The molecular formula is C15H17N3O2. The lowest BCUT2D eigenvalue weighted by Crippen LogP contribution is -2.53. The first-order valence-electron chi connectivity index (χ1n) is 6.72. The number of fused-ring (bicyclic) bond motifs is 1. The fourth-order valence-electron chi connectivity index (χ4n) is 2.55. The summed E-state index contributed by atoms with van der Waals surface area (Å²) in [5, 5.41) is 0. The number of benzene rings is 1. The molecule has 1 saturated heterocycles. The molecule has 5 heteroatoms. The number of carbonyl (C=O) groups excluding carboxylic acids is 1. The number of hydrogen-bond acceptors (Lipinski definition) is 4. The minimum atomic E-state index is -0.0194.